The molecule has 5 heteroatoms. The molecule has 0 saturated heterocycles. The number of likely N-dealkylation sites (N-methyl/N-ethyl adjacent to an activating group) is 2. The highest BCUT2D eigenvalue weighted by molar-refractivity contribution is 5.89. The monoisotopic (exact) mass is 299 g/mol. The van der Waals surface area contributed by atoms with Crippen molar-refractivity contribution in [1.29, 1.82) is 0 Å². The van der Waals surface area contributed by atoms with Crippen molar-refractivity contribution < 1.29 is 9.59 Å². The highest BCUT2D eigenvalue weighted by Gasteiger charge is 2.33. The molecule has 1 unspecified atom stereocenters. The van der Waals surface area contributed by atoms with Gasteiger partial charge in [-0.05, 0) is 26.4 Å². The number of rotatable bonds is 7. The molecule has 0 fully saturated rings. The first-order chi connectivity index (χ1) is 9.46. The second-order valence-corrected chi connectivity index (χ2v) is 7.41. The average molecular weight is 299 g/mol. The third kappa shape index (κ3) is 7.46. The van der Waals surface area contributed by atoms with Crippen LogP contribution in [0.4, 0.5) is 0 Å². The Bertz CT molecular complexity index is 346. The second-order valence-electron chi connectivity index (χ2n) is 7.41. The normalized spacial score (nSPS) is 13.4. The number of nitrogens with one attached hydrogen (secondary N) is 1. The van der Waals surface area contributed by atoms with Crippen molar-refractivity contribution in [2.24, 2.45) is 11.3 Å². The van der Waals surface area contributed by atoms with Crippen LogP contribution in [0.5, 0.6) is 0 Å². The van der Waals surface area contributed by atoms with E-state index in [0.717, 1.165) is 6.54 Å². The smallest absolute Gasteiger partial charge is 0.242 e. The van der Waals surface area contributed by atoms with Crippen molar-refractivity contribution in [3.63, 3.8) is 0 Å². The van der Waals surface area contributed by atoms with Crippen LogP contribution >= 0.6 is 0 Å². The quantitative estimate of drug-likeness (QED) is 0.776. The van der Waals surface area contributed by atoms with Gasteiger partial charge in [0.25, 0.3) is 0 Å². The van der Waals surface area contributed by atoms with Crippen LogP contribution in [0.1, 0.15) is 41.0 Å². The molecule has 0 bridgehead atoms. The van der Waals surface area contributed by atoms with Gasteiger partial charge in [-0.15, -0.1) is 0 Å². The number of hydrogen-bond donors (Lipinski definition) is 1. The third-order valence-corrected chi connectivity index (χ3v) is 3.29. The lowest BCUT2D eigenvalue weighted by atomic mass is 9.92. The summed E-state index contributed by atoms with van der Waals surface area (Å²) in [4.78, 5) is 28.4. The topological polar surface area (TPSA) is 52.7 Å². The van der Waals surface area contributed by atoms with Crippen molar-refractivity contribution in [3.8, 4) is 0 Å². The van der Waals surface area contributed by atoms with Gasteiger partial charge in [0, 0.05) is 25.6 Å². The summed E-state index contributed by atoms with van der Waals surface area (Å²) in [5.74, 6) is 0.284. The molecule has 0 spiro atoms. The lowest BCUT2D eigenvalue weighted by Crippen LogP contribution is -2.52. The van der Waals surface area contributed by atoms with Gasteiger partial charge in [0.2, 0.25) is 11.8 Å². The largest absolute Gasteiger partial charge is 0.353 e. The Kier molecular flexibility index (Phi) is 7.93. The summed E-state index contributed by atoms with van der Waals surface area (Å²) >= 11 is 0. The van der Waals surface area contributed by atoms with Crippen LogP contribution in [0, 0.1) is 11.3 Å². The third-order valence-electron chi connectivity index (χ3n) is 3.29. The summed E-state index contributed by atoms with van der Waals surface area (Å²) in [5, 5.41) is 2.93. The minimum atomic E-state index is -0.478. The fraction of sp³-hybridized carbons (Fsp3) is 0.875. The molecule has 0 heterocycles. The van der Waals surface area contributed by atoms with E-state index in [-0.39, 0.29) is 11.8 Å². The predicted molar refractivity (Wildman–Crippen MR) is 87.0 cm³/mol. The van der Waals surface area contributed by atoms with E-state index in [0.29, 0.717) is 18.9 Å². The predicted octanol–water partition coefficient (Wildman–Crippen LogP) is 1.58. The molecule has 0 aromatic carbocycles. The van der Waals surface area contributed by atoms with Gasteiger partial charge in [-0.1, -0.05) is 34.6 Å². The summed E-state index contributed by atoms with van der Waals surface area (Å²) in [7, 11) is 5.66. The highest BCUT2D eigenvalue weighted by atomic mass is 16.2. The molecule has 0 aromatic rings. The molecule has 0 aliphatic heterocycles. The molecule has 2 amide bonds. The molecule has 0 aliphatic carbocycles. The summed E-state index contributed by atoms with van der Waals surface area (Å²) in [6.07, 6.45) is 0.673. The van der Waals surface area contributed by atoms with Crippen LogP contribution in [0.2, 0.25) is 0 Å². The summed E-state index contributed by atoms with van der Waals surface area (Å²) in [6, 6.07) is -0.404. The van der Waals surface area contributed by atoms with E-state index in [1.54, 1.807) is 11.9 Å². The second kappa shape index (κ2) is 8.37. The molecule has 1 N–H and O–H groups in total. The zero-order valence-corrected chi connectivity index (χ0v) is 15.0. The fourth-order valence-electron chi connectivity index (χ4n) is 2.08. The molecule has 5 nitrogen and oxygen atoms in total. The van der Waals surface area contributed by atoms with Crippen molar-refractivity contribution in [3.05, 3.63) is 0 Å². The van der Waals surface area contributed by atoms with E-state index in [9.17, 15) is 9.59 Å². The van der Waals surface area contributed by atoms with Gasteiger partial charge in [-0.3, -0.25) is 9.59 Å². The molecule has 124 valence electrons. The number of carbonyl (C=O) groups excluding carboxylic acids is 2. The number of amides is 2. The maximum Gasteiger partial charge on any atom is 0.242 e. The Morgan fingerprint density at radius 2 is 1.62 bits per heavy atom. The van der Waals surface area contributed by atoms with E-state index in [1.807, 2.05) is 39.8 Å². The van der Waals surface area contributed by atoms with Crippen molar-refractivity contribution in [2.75, 3.05) is 34.2 Å². The van der Waals surface area contributed by atoms with Gasteiger partial charge in [-0.2, -0.15) is 0 Å². The maximum absolute atomic E-state index is 12.4. The molecule has 21 heavy (non-hydrogen) atoms. The van der Waals surface area contributed by atoms with Crippen molar-refractivity contribution in [1.82, 2.24) is 15.1 Å². The molecule has 0 radical (unpaired) electrons. The SMILES string of the molecule is CC(C)CC(C(=O)NCCN(C)C)N(C)C(=O)C(C)(C)C. The van der Waals surface area contributed by atoms with Gasteiger partial charge in [0.05, 0.1) is 0 Å². The van der Waals surface area contributed by atoms with Crippen LogP contribution < -0.4 is 5.32 Å². The van der Waals surface area contributed by atoms with E-state index >= 15 is 0 Å². The standard InChI is InChI=1S/C16H33N3O2/c1-12(2)11-13(14(20)17-9-10-18(6)7)19(8)15(21)16(3,4)5/h12-13H,9-11H2,1-8H3,(H,17,20). The van der Waals surface area contributed by atoms with E-state index in [2.05, 4.69) is 19.2 Å². The van der Waals surface area contributed by atoms with Gasteiger partial charge in [0.15, 0.2) is 0 Å². The lowest BCUT2D eigenvalue weighted by Gasteiger charge is -2.33. The molecule has 0 aromatic heterocycles. The first kappa shape index (κ1) is 19.9. The first-order valence-electron chi connectivity index (χ1n) is 7.66. The Hall–Kier alpha value is -1.10. The van der Waals surface area contributed by atoms with Gasteiger partial charge >= 0.3 is 0 Å². The van der Waals surface area contributed by atoms with Crippen molar-refractivity contribution in [2.45, 2.75) is 47.1 Å². The average Bonchev–Trinajstić information content (AvgIpc) is 2.32. The van der Waals surface area contributed by atoms with E-state index < -0.39 is 11.5 Å². The minimum Gasteiger partial charge on any atom is -0.353 e. The summed E-state index contributed by atoms with van der Waals surface area (Å²) in [6.45, 7) is 11.1. The summed E-state index contributed by atoms with van der Waals surface area (Å²) < 4.78 is 0. The highest BCUT2D eigenvalue weighted by Crippen LogP contribution is 2.20. The molecular weight excluding hydrogens is 266 g/mol. The lowest BCUT2D eigenvalue weighted by molar-refractivity contribution is -0.145. The zero-order chi connectivity index (χ0) is 16.8. The minimum absolute atomic E-state index is 0.00379. The van der Waals surface area contributed by atoms with Gasteiger partial charge in [-0.25, -0.2) is 0 Å². The van der Waals surface area contributed by atoms with Crippen molar-refractivity contribution >= 4 is 11.8 Å². The fourth-order valence-corrected chi connectivity index (χ4v) is 2.08. The molecular formula is C16H33N3O2. The Balaban J connectivity index is 4.86. The molecule has 0 saturated carbocycles. The van der Waals surface area contributed by atoms with Gasteiger partial charge < -0.3 is 15.1 Å². The Labute approximate surface area is 130 Å². The molecule has 0 rings (SSSR count). The van der Waals surface area contributed by atoms with Crippen LogP contribution in [0.25, 0.3) is 0 Å². The Morgan fingerprint density at radius 1 is 1.10 bits per heavy atom. The maximum atomic E-state index is 12.4. The summed E-state index contributed by atoms with van der Waals surface area (Å²) in [5.41, 5.74) is -0.478. The number of carbonyl (C=O) groups is 2. The Morgan fingerprint density at radius 3 is 2.00 bits per heavy atom. The van der Waals surface area contributed by atoms with E-state index in [1.165, 1.54) is 0 Å². The number of hydrogen-bond acceptors (Lipinski definition) is 3. The van der Waals surface area contributed by atoms with E-state index in [4.69, 9.17) is 0 Å². The van der Waals surface area contributed by atoms with Crippen LogP contribution in [0.15, 0.2) is 0 Å². The first-order valence-corrected chi connectivity index (χ1v) is 7.66. The molecule has 1 atom stereocenters. The van der Waals surface area contributed by atoms with Gasteiger partial charge in [0.1, 0.15) is 6.04 Å². The van der Waals surface area contributed by atoms with Crippen LogP contribution in [-0.2, 0) is 9.59 Å². The van der Waals surface area contributed by atoms with Crippen LogP contribution in [0.3, 0.4) is 0 Å². The zero-order valence-electron chi connectivity index (χ0n) is 15.0. The van der Waals surface area contributed by atoms with Crippen LogP contribution in [-0.4, -0.2) is 61.9 Å². The number of nitrogens with zero attached hydrogens (tertiary/aromatic N) is 2. The molecule has 0 aliphatic rings.